The van der Waals surface area contributed by atoms with Crippen molar-refractivity contribution < 1.29 is 19.1 Å². The van der Waals surface area contributed by atoms with E-state index in [9.17, 15) is 9.59 Å². The Labute approximate surface area is 136 Å². The Kier molecular flexibility index (Phi) is 4.84. The number of carbonyl (C=O) groups is 2. The number of carbonyl (C=O) groups excluding carboxylic acids is 2. The van der Waals surface area contributed by atoms with Gasteiger partial charge in [0.05, 0.1) is 6.61 Å². The maximum Gasteiger partial charge on any atom is 0.410 e. The Morgan fingerprint density at radius 3 is 2.70 bits per heavy atom. The van der Waals surface area contributed by atoms with Gasteiger partial charge in [-0.15, -0.1) is 0 Å². The lowest BCUT2D eigenvalue weighted by Crippen LogP contribution is -2.44. The smallest absolute Gasteiger partial charge is 0.410 e. The molecule has 0 aromatic heterocycles. The molecule has 0 spiro atoms. The summed E-state index contributed by atoms with van der Waals surface area (Å²) in [7, 11) is 0. The standard InChI is InChI=1S/C18H23NO4/c1-2-22-17(20)16-15-10-6-9-14(15)11-19(16)18(21)23-12-13-7-4-3-5-8-13/h3-5,7-8,14-16H,2,6,9-12H2,1H3/t14?,15-,16?/m0/s1. The van der Waals surface area contributed by atoms with Gasteiger partial charge < -0.3 is 9.47 Å². The fourth-order valence-electron chi connectivity index (χ4n) is 3.83. The fourth-order valence-corrected chi connectivity index (χ4v) is 3.83. The highest BCUT2D eigenvalue weighted by Gasteiger charge is 2.50. The molecule has 124 valence electrons. The topological polar surface area (TPSA) is 55.8 Å². The van der Waals surface area contributed by atoms with Gasteiger partial charge in [-0.05, 0) is 37.2 Å². The number of esters is 1. The third-order valence-electron chi connectivity index (χ3n) is 4.86. The zero-order chi connectivity index (χ0) is 16.2. The summed E-state index contributed by atoms with van der Waals surface area (Å²) in [4.78, 5) is 26.3. The Bertz CT molecular complexity index is 559. The summed E-state index contributed by atoms with van der Waals surface area (Å²) in [6.07, 6.45) is 2.76. The van der Waals surface area contributed by atoms with E-state index in [0.29, 0.717) is 19.1 Å². The lowest BCUT2D eigenvalue weighted by Gasteiger charge is -2.25. The summed E-state index contributed by atoms with van der Waals surface area (Å²) in [6, 6.07) is 9.08. The molecule has 5 heteroatoms. The quantitative estimate of drug-likeness (QED) is 0.801. The van der Waals surface area contributed by atoms with E-state index in [2.05, 4.69) is 0 Å². The van der Waals surface area contributed by atoms with Crippen LogP contribution in [0.1, 0.15) is 31.7 Å². The second-order valence-corrected chi connectivity index (χ2v) is 6.24. The maximum atomic E-state index is 12.5. The predicted molar refractivity (Wildman–Crippen MR) is 84.6 cm³/mol. The normalized spacial score (nSPS) is 26.0. The summed E-state index contributed by atoms with van der Waals surface area (Å²) in [5, 5.41) is 0. The van der Waals surface area contributed by atoms with E-state index >= 15 is 0 Å². The van der Waals surface area contributed by atoms with Crippen LogP contribution in [-0.4, -0.2) is 36.2 Å². The van der Waals surface area contributed by atoms with Gasteiger partial charge in [0.15, 0.2) is 0 Å². The molecule has 1 amide bonds. The molecule has 3 rings (SSSR count). The molecule has 2 unspecified atom stereocenters. The third-order valence-corrected chi connectivity index (χ3v) is 4.86. The molecular formula is C18H23NO4. The van der Waals surface area contributed by atoms with E-state index in [0.717, 1.165) is 24.8 Å². The third kappa shape index (κ3) is 3.33. The number of rotatable bonds is 4. The van der Waals surface area contributed by atoms with Crippen LogP contribution >= 0.6 is 0 Å². The average Bonchev–Trinajstić information content (AvgIpc) is 3.14. The Hall–Kier alpha value is -2.04. The van der Waals surface area contributed by atoms with E-state index in [1.807, 2.05) is 30.3 Å². The molecule has 5 nitrogen and oxygen atoms in total. The number of fused-ring (bicyclic) bond motifs is 1. The lowest BCUT2D eigenvalue weighted by molar-refractivity contribution is -0.149. The van der Waals surface area contributed by atoms with Gasteiger partial charge >= 0.3 is 12.1 Å². The summed E-state index contributed by atoms with van der Waals surface area (Å²) in [5.74, 6) is 0.325. The van der Waals surface area contributed by atoms with Crippen LogP contribution in [0, 0.1) is 11.8 Å². The van der Waals surface area contributed by atoms with Gasteiger partial charge in [0.25, 0.3) is 0 Å². The van der Waals surface area contributed by atoms with Crippen molar-refractivity contribution in [2.24, 2.45) is 11.8 Å². The molecule has 0 N–H and O–H groups in total. The molecule has 1 saturated carbocycles. The fraction of sp³-hybridized carbons (Fsp3) is 0.556. The monoisotopic (exact) mass is 317 g/mol. The molecule has 23 heavy (non-hydrogen) atoms. The summed E-state index contributed by atoms with van der Waals surface area (Å²) < 4.78 is 10.6. The zero-order valence-corrected chi connectivity index (χ0v) is 13.4. The van der Waals surface area contributed by atoms with Crippen LogP contribution in [0.5, 0.6) is 0 Å². The molecular weight excluding hydrogens is 294 g/mol. The molecule has 0 bridgehead atoms. The highest BCUT2D eigenvalue weighted by Crippen LogP contribution is 2.42. The first-order chi connectivity index (χ1) is 11.2. The molecule has 1 aliphatic heterocycles. The number of likely N-dealkylation sites (tertiary alicyclic amines) is 1. The van der Waals surface area contributed by atoms with Gasteiger partial charge in [-0.2, -0.15) is 0 Å². The second kappa shape index (κ2) is 7.02. The van der Waals surface area contributed by atoms with Gasteiger partial charge in [0.1, 0.15) is 12.6 Å². The van der Waals surface area contributed by atoms with Gasteiger partial charge in [-0.25, -0.2) is 9.59 Å². The number of benzene rings is 1. The molecule has 1 heterocycles. The first-order valence-electron chi connectivity index (χ1n) is 8.34. The van der Waals surface area contributed by atoms with Crippen molar-refractivity contribution in [2.75, 3.05) is 13.2 Å². The maximum absolute atomic E-state index is 12.5. The molecule has 2 fully saturated rings. The first-order valence-corrected chi connectivity index (χ1v) is 8.34. The number of hydrogen-bond acceptors (Lipinski definition) is 4. The highest BCUT2D eigenvalue weighted by molar-refractivity contribution is 5.82. The Morgan fingerprint density at radius 2 is 1.96 bits per heavy atom. The molecule has 1 aromatic rings. The average molecular weight is 317 g/mol. The van der Waals surface area contributed by atoms with Gasteiger partial charge in [0, 0.05) is 6.54 Å². The zero-order valence-electron chi connectivity index (χ0n) is 13.4. The lowest BCUT2D eigenvalue weighted by atomic mass is 9.94. The number of nitrogens with zero attached hydrogens (tertiary/aromatic N) is 1. The largest absolute Gasteiger partial charge is 0.464 e. The number of amides is 1. The number of ether oxygens (including phenoxy) is 2. The Balaban J connectivity index is 1.66. The van der Waals surface area contributed by atoms with Crippen molar-refractivity contribution in [3.63, 3.8) is 0 Å². The molecule has 3 atom stereocenters. The van der Waals surface area contributed by atoms with Crippen LogP contribution in [0.2, 0.25) is 0 Å². The summed E-state index contributed by atoms with van der Waals surface area (Å²) in [6.45, 7) is 2.94. The summed E-state index contributed by atoms with van der Waals surface area (Å²) >= 11 is 0. The van der Waals surface area contributed by atoms with E-state index in [1.54, 1.807) is 11.8 Å². The molecule has 0 radical (unpaired) electrons. The van der Waals surface area contributed by atoms with E-state index in [-0.39, 0.29) is 18.5 Å². The van der Waals surface area contributed by atoms with Crippen LogP contribution in [-0.2, 0) is 20.9 Å². The molecule has 2 aliphatic rings. The van der Waals surface area contributed by atoms with Gasteiger partial charge in [-0.3, -0.25) is 4.90 Å². The second-order valence-electron chi connectivity index (χ2n) is 6.24. The molecule has 1 aromatic carbocycles. The Morgan fingerprint density at radius 1 is 1.17 bits per heavy atom. The van der Waals surface area contributed by atoms with Crippen molar-refractivity contribution in [1.82, 2.24) is 4.90 Å². The van der Waals surface area contributed by atoms with Crippen LogP contribution < -0.4 is 0 Å². The van der Waals surface area contributed by atoms with Crippen LogP contribution in [0.4, 0.5) is 4.79 Å². The van der Waals surface area contributed by atoms with Gasteiger partial charge in [0.2, 0.25) is 0 Å². The highest BCUT2D eigenvalue weighted by atomic mass is 16.6. The van der Waals surface area contributed by atoms with Crippen molar-refractivity contribution >= 4 is 12.1 Å². The van der Waals surface area contributed by atoms with Gasteiger partial charge in [-0.1, -0.05) is 36.8 Å². The van der Waals surface area contributed by atoms with Crippen LogP contribution in [0.25, 0.3) is 0 Å². The minimum absolute atomic E-state index is 0.221. The molecule has 1 aliphatic carbocycles. The van der Waals surface area contributed by atoms with Crippen molar-refractivity contribution in [1.29, 1.82) is 0 Å². The van der Waals surface area contributed by atoms with E-state index in [1.165, 1.54) is 0 Å². The first kappa shape index (κ1) is 15.8. The minimum atomic E-state index is -0.481. The number of hydrogen-bond donors (Lipinski definition) is 0. The van der Waals surface area contributed by atoms with Crippen molar-refractivity contribution in [3.8, 4) is 0 Å². The van der Waals surface area contributed by atoms with Crippen LogP contribution in [0.3, 0.4) is 0 Å². The summed E-state index contributed by atoms with van der Waals surface area (Å²) in [5.41, 5.74) is 0.938. The minimum Gasteiger partial charge on any atom is -0.464 e. The van der Waals surface area contributed by atoms with E-state index < -0.39 is 12.1 Å². The predicted octanol–water partition coefficient (Wildman–Crippen LogP) is 2.99. The van der Waals surface area contributed by atoms with Crippen molar-refractivity contribution in [3.05, 3.63) is 35.9 Å². The van der Waals surface area contributed by atoms with Crippen molar-refractivity contribution in [2.45, 2.75) is 38.8 Å². The van der Waals surface area contributed by atoms with Crippen LogP contribution in [0.15, 0.2) is 30.3 Å². The molecule has 1 saturated heterocycles. The SMILES string of the molecule is CCOC(=O)C1[C@H]2CCCC2CN1C(=O)OCc1ccccc1. The van der Waals surface area contributed by atoms with E-state index in [4.69, 9.17) is 9.47 Å².